The van der Waals surface area contributed by atoms with Gasteiger partial charge in [0, 0.05) is 23.9 Å². The molecule has 0 radical (unpaired) electrons. The van der Waals surface area contributed by atoms with Crippen LogP contribution < -0.4 is 0 Å². The zero-order chi connectivity index (χ0) is 16.4. The molecule has 2 heterocycles. The Morgan fingerprint density at radius 3 is 2.74 bits per heavy atom. The van der Waals surface area contributed by atoms with Gasteiger partial charge in [-0.2, -0.15) is 5.10 Å². The summed E-state index contributed by atoms with van der Waals surface area (Å²) in [4.78, 5) is 16.7. The first-order valence-corrected chi connectivity index (χ1v) is 8.56. The molecule has 5 nitrogen and oxygen atoms in total. The van der Waals surface area contributed by atoms with Gasteiger partial charge < -0.3 is 4.74 Å². The molecule has 0 aromatic carbocycles. The highest BCUT2D eigenvalue weighted by Crippen LogP contribution is 2.22. The Bertz CT molecular complexity index is 715. The summed E-state index contributed by atoms with van der Waals surface area (Å²) in [5, 5.41) is 4.47. The van der Waals surface area contributed by atoms with Crippen LogP contribution in [0.4, 0.5) is 0 Å². The lowest BCUT2D eigenvalue weighted by Gasteiger charge is -2.21. The van der Waals surface area contributed by atoms with Crippen LogP contribution in [0.15, 0.2) is 6.07 Å². The number of carbonyl (C=O) groups is 1. The first-order chi connectivity index (χ1) is 11.0. The summed E-state index contributed by atoms with van der Waals surface area (Å²) >= 11 is 0. The van der Waals surface area contributed by atoms with E-state index in [2.05, 4.69) is 10.1 Å². The SMILES string of the molecule is Cc1cc2nc(C)c(CCC(=O)OC3CCCCC3)c(C)n2n1. The Morgan fingerprint density at radius 1 is 1.26 bits per heavy atom. The Labute approximate surface area is 137 Å². The Balaban J connectivity index is 1.67. The van der Waals surface area contributed by atoms with Crippen LogP contribution in [-0.4, -0.2) is 26.7 Å². The standard InChI is InChI=1S/C18H25N3O2/c1-12-11-17-19-13(2)16(14(3)21(17)20-12)9-10-18(22)23-15-7-5-4-6-8-15/h11,15H,4-10H2,1-3H3. The highest BCUT2D eigenvalue weighted by Gasteiger charge is 2.18. The van der Waals surface area contributed by atoms with Crippen molar-refractivity contribution in [2.45, 2.75) is 71.8 Å². The van der Waals surface area contributed by atoms with E-state index in [1.165, 1.54) is 19.3 Å². The van der Waals surface area contributed by atoms with Gasteiger partial charge >= 0.3 is 5.97 Å². The van der Waals surface area contributed by atoms with Gasteiger partial charge in [0.2, 0.25) is 0 Å². The molecule has 0 aliphatic heterocycles. The third-order valence-corrected chi connectivity index (χ3v) is 4.72. The zero-order valence-corrected chi connectivity index (χ0v) is 14.3. The van der Waals surface area contributed by atoms with Crippen LogP contribution in [0.3, 0.4) is 0 Å². The van der Waals surface area contributed by atoms with E-state index >= 15 is 0 Å². The summed E-state index contributed by atoms with van der Waals surface area (Å²) in [5.41, 5.74) is 4.95. The summed E-state index contributed by atoms with van der Waals surface area (Å²) in [5.74, 6) is -0.0903. The lowest BCUT2D eigenvalue weighted by Crippen LogP contribution is -2.21. The van der Waals surface area contributed by atoms with Gasteiger partial charge in [-0.3, -0.25) is 4.79 Å². The van der Waals surface area contributed by atoms with Gasteiger partial charge in [-0.25, -0.2) is 9.50 Å². The van der Waals surface area contributed by atoms with Crippen molar-refractivity contribution in [2.24, 2.45) is 0 Å². The molecule has 1 fully saturated rings. The second-order valence-corrected chi connectivity index (χ2v) is 6.57. The Morgan fingerprint density at radius 2 is 2.00 bits per heavy atom. The predicted octanol–water partition coefficient (Wildman–Crippen LogP) is 3.46. The second kappa shape index (κ2) is 6.69. The van der Waals surface area contributed by atoms with Crippen LogP contribution in [0.2, 0.25) is 0 Å². The van der Waals surface area contributed by atoms with Gasteiger partial charge in [0.1, 0.15) is 6.10 Å². The molecule has 2 aromatic rings. The fourth-order valence-corrected chi connectivity index (χ4v) is 3.46. The highest BCUT2D eigenvalue weighted by molar-refractivity contribution is 5.70. The molecule has 0 N–H and O–H groups in total. The van der Waals surface area contributed by atoms with E-state index in [0.29, 0.717) is 12.8 Å². The van der Waals surface area contributed by atoms with E-state index in [-0.39, 0.29) is 12.1 Å². The molecular weight excluding hydrogens is 290 g/mol. The topological polar surface area (TPSA) is 56.5 Å². The normalized spacial score (nSPS) is 16.0. The highest BCUT2D eigenvalue weighted by atomic mass is 16.5. The molecule has 0 saturated heterocycles. The Hall–Kier alpha value is -1.91. The maximum atomic E-state index is 12.1. The van der Waals surface area contributed by atoms with Crippen LogP contribution >= 0.6 is 0 Å². The van der Waals surface area contributed by atoms with E-state index in [1.54, 1.807) is 0 Å². The minimum absolute atomic E-state index is 0.0903. The molecule has 1 aliphatic carbocycles. The fraction of sp³-hybridized carbons (Fsp3) is 0.611. The van der Waals surface area contributed by atoms with Gasteiger partial charge in [0.15, 0.2) is 5.65 Å². The van der Waals surface area contributed by atoms with Crippen molar-refractivity contribution < 1.29 is 9.53 Å². The van der Waals surface area contributed by atoms with Crippen molar-refractivity contribution in [2.75, 3.05) is 0 Å². The zero-order valence-electron chi connectivity index (χ0n) is 14.3. The number of carbonyl (C=O) groups excluding carboxylic acids is 1. The number of aromatic nitrogens is 3. The molecule has 5 heteroatoms. The van der Waals surface area contributed by atoms with Crippen LogP contribution in [-0.2, 0) is 16.0 Å². The average molecular weight is 315 g/mol. The molecule has 3 rings (SSSR count). The maximum absolute atomic E-state index is 12.1. The first kappa shape index (κ1) is 16.0. The van der Waals surface area contributed by atoms with Crippen molar-refractivity contribution in [3.8, 4) is 0 Å². The van der Waals surface area contributed by atoms with E-state index in [1.807, 2.05) is 31.4 Å². The lowest BCUT2D eigenvalue weighted by molar-refractivity contribution is -0.150. The predicted molar refractivity (Wildman–Crippen MR) is 88.5 cm³/mol. The third-order valence-electron chi connectivity index (χ3n) is 4.72. The fourth-order valence-electron chi connectivity index (χ4n) is 3.46. The largest absolute Gasteiger partial charge is 0.462 e. The summed E-state index contributed by atoms with van der Waals surface area (Å²) in [7, 11) is 0. The van der Waals surface area contributed by atoms with Gasteiger partial charge in [-0.15, -0.1) is 0 Å². The van der Waals surface area contributed by atoms with Crippen molar-refractivity contribution in [3.63, 3.8) is 0 Å². The smallest absolute Gasteiger partial charge is 0.306 e. The van der Waals surface area contributed by atoms with E-state index in [4.69, 9.17) is 4.74 Å². The monoisotopic (exact) mass is 315 g/mol. The van der Waals surface area contributed by atoms with Gasteiger partial charge in [-0.05, 0) is 58.4 Å². The maximum Gasteiger partial charge on any atom is 0.306 e. The quantitative estimate of drug-likeness (QED) is 0.811. The number of nitrogens with zero attached hydrogens (tertiary/aromatic N) is 3. The molecule has 2 aromatic heterocycles. The van der Waals surface area contributed by atoms with Crippen molar-refractivity contribution >= 4 is 11.6 Å². The van der Waals surface area contributed by atoms with Gasteiger partial charge in [-0.1, -0.05) is 6.42 Å². The van der Waals surface area contributed by atoms with Crippen molar-refractivity contribution in [3.05, 3.63) is 28.7 Å². The summed E-state index contributed by atoms with van der Waals surface area (Å²) in [6, 6.07) is 1.97. The first-order valence-electron chi connectivity index (χ1n) is 8.56. The van der Waals surface area contributed by atoms with Gasteiger partial charge in [0.05, 0.1) is 5.69 Å². The minimum Gasteiger partial charge on any atom is -0.462 e. The van der Waals surface area contributed by atoms with Crippen LogP contribution in [0.1, 0.15) is 61.2 Å². The lowest BCUT2D eigenvalue weighted by atomic mass is 9.98. The number of hydrogen-bond acceptors (Lipinski definition) is 4. The minimum atomic E-state index is -0.0903. The van der Waals surface area contributed by atoms with E-state index < -0.39 is 0 Å². The summed E-state index contributed by atoms with van der Waals surface area (Å²) in [6.07, 6.45) is 6.85. The third kappa shape index (κ3) is 3.54. The molecule has 0 atom stereocenters. The van der Waals surface area contributed by atoms with Gasteiger partial charge in [0.25, 0.3) is 0 Å². The van der Waals surface area contributed by atoms with Crippen LogP contribution in [0.5, 0.6) is 0 Å². The summed E-state index contributed by atoms with van der Waals surface area (Å²) < 4.78 is 7.47. The van der Waals surface area contributed by atoms with Crippen molar-refractivity contribution in [1.29, 1.82) is 0 Å². The molecule has 0 unspecified atom stereocenters. The molecule has 23 heavy (non-hydrogen) atoms. The number of ether oxygens (including phenoxy) is 1. The number of rotatable bonds is 4. The molecule has 1 saturated carbocycles. The van der Waals surface area contributed by atoms with Crippen molar-refractivity contribution in [1.82, 2.24) is 14.6 Å². The number of esters is 1. The van der Waals surface area contributed by atoms with Crippen LogP contribution in [0, 0.1) is 20.8 Å². The molecule has 124 valence electrons. The molecular formula is C18H25N3O2. The number of aryl methyl sites for hydroxylation is 3. The molecule has 0 amide bonds. The average Bonchev–Trinajstić information content (AvgIpc) is 2.88. The van der Waals surface area contributed by atoms with E-state index in [9.17, 15) is 4.79 Å². The van der Waals surface area contributed by atoms with E-state index in [0.717, 1.165) is 41.1 Å². The molecule has 0 bridgehead atoms. The van der Waals surface area contributed by atoms with Crippen LogP contribution in [0.25, 0.3) is 5.65 Å². The molecule has 1 aliphatic rings. The number of fused-ring (bicyclic) bond motifs is 1. The Kier molecular flexibility index (Phi) is 4.64. The summed E-state index contributed by atoms with van der Waals surface area (Å²) in [6.45, 7) is 6.00. The molecule has 0 spiro atoms. The number of hydrogen-bond donors (Lipinski definition) is 0. The second-order valence-electron chi connectivity index (χ2n) is 6.57.